The molecule has 3 heterocycles. The van der Waals surface area contributed by atoms with Gasteiger partial charge in [0.2, 0.25) is 0 Å². The van der Waals surface area contributed by atoms with Crippen molar-refractivity contribution < 1.29 is 9.53 Å². The van der Waals surface area contributed by atoms with Gasteiger partial charge < -0.3 is 9.64 Å². The standard InChI is InChI=1S/C25H24ClN3O3S/c1-16-21(30)9-10-28-23(16)25(31)27(11-12-32-2)15-29(28)24-19-6-4-3-5-17(19)14-33-22-13-18(26)7-8-20(22)24/h3-10,13,24H,11-12,14-15H2,1-2H3. The lowest BCUT2D eigenvalue weighted by molar-refractivity contribution is 0.0618. The number of halogens is 1. The predicted octanol–water partition coefficient (Wildman–Crippen LogP) is 4.20. The van der Waals surface area contributed by atoms with Crippen molar-refractivity contribution in [3.8, 4) is 0 Å². The van der Waals surface area contributed by atoms with E-state index in [1.807, 2.05) is 22.9 Å². The van der Waals surface area contributed by atoms with E-state index in [0.29, 0.717) is 36.1 Å². The minimum Gasteiger partial charge on any atom is -0.383 e. The summed E-state index contributed by atoms with van der Waals surface area (Å²) in [6.45, 7) is 2.93. The van der Waals surface area contributed by atoms with Crippen LogP contribution in [0.4, 0.5) is 0 Å². The molecule has 170 valence electrons. The van der Waals surface area contributed by atoms with Crippen molar-refractivity contribution in [1.29, 1.82) is 0 Å². The second kappa shape index (κ2) is 8.89. The average Bonchev–Trinajstić information content (AvgIpc) is 2.97. The summed E-state index contributed by atoms with van der Waals surface area (Å²) in [6.07, 6.45) is 1.71. The number of amides is 1. The fourth-order valence-corrected chi connectivity index (χ4v) is 5.94. The molecule has 1 unspecified atom stereocenters. The molecular formula is C25H24ClN3O3S. The molecule has 3 aromatic rings. The Morgan fingerprint density at radius 3 is 2.76 bits per heavy atom. The summed E-state index contributed by atoms with van der Waals surface area (Å²) in [5.74, 6) is 0.669. The zero-order chi connectivity index (χ0) is 23.1. The second-order valence-corrected chi connectivity index (χ2v) is 9.67. The summed E-state index contributed by atoms with van der Waals surface area (Å²) in [4.78, 5) is 28.7. The molecule has 1 amide bonds. The fraction of sp³-hybridized carbons (Fsp3) is 0.280. The molecule has 2 aliphatic rings. The number of hydrogen-bond acceptors (Lipinski definition) is 5. The molecule has 1 atom stereocenters. The maximum absolute atomic E-state index is 13.4. The lowest BCUT2D eigenvalue weighted by Crippen LogP contribution is -2.56. The van der Waals surface area contributed by atoms with Gasteiger partial charge >= 0.3 is 0 Å². The Bertz CT molecular complexity index is 1290. The van der Waals surface area contributed by atoms with Crippen LogP contribution < -0.4 is 10.4 Å². The Balaban J connectivity index is 1.74. The van der Waals surface area contributed by atoms with Crippen molar-refractivity contribution in [3.05, 3.63) is 97.9 Å². The Labute approximate surface area is 201 Å². The molecule has 1 aromatic heterocycles. The van der Waals surface area contributed by atoms with Crippen LogP contribution in [0.3, 0.4) is 0 Å². The average molecular weight is 482 g/mol. The van der Waals surface area contributed by atoms with Gasteiger partial charge in [0.05, 0.1) is 12.6 Å². The smallest absolute Gasteiger partial charge is 0.274 e. The largest absolute Gasteiger partial charge is 0.383 e. The zero-order valence-corrected chi connectivity index (χ0v) is 20.0. The first kappa shape index (κ1) is 22.1. The first-order valence-electron chi connectivity index (χ1n) is 10.8. The minimum atomic E-state index is -0.165. The van der Waals surface area contributed by atoms with Crippen LogP contribution in [0.15, 0.2) is 64.4 Å². The maximum atomic E-state index is 13.4. The van der Waals surface area contributed by atoms with Gasteiger partial charge in [-0.15, -0.1) is 11.8 Å². The number of rotatable bonds is 4. The molecule has 2 aliphatic heterocycles. The van der Waals surface area contributed by atoms with Crippen molar-refractivity contribution in [2.24, 2.45) is 0 Å². The molecule has 0 spiro atoms. The minimum absolute atomic E-state index is 0.146. The van der Waals surface area contributed by atoms with Gasteiger partial charge in [0, 0.05) is 47.2 Å². The molecule has 0 aliphatic carbocycles. The number of thioether (sulfide) groups is 1. The van der Waals surface area contributed by atoms with Crippen LogP contribution >= 0.6 is 23.4 Å². The molecule has 0 saturated heterocycles. The number of aromatic nitrogens is 1. The third-order valence-electron chi connectivity index (χ3n) is 6.27. The third kappa shape index (κ3) is 3.84. The number of ether oxygens (including phenoxy) is 1. The Hall–Kier alpha value is -2.74. The molecule has 8 heteroatoms. The summed E-state index contributed by atoms with van der Waals surface area (Å²) in [5, 5.41) is 2.86. The summed E-state index contributed by atoms with van der Waals surface area (Å²) >= 11 is 8.13. The van der Waals surface area contributed by atoms with Gasteiger partial charge in [-0.25, -0.2) is 0 Å². The molecule has 0 fully saturated rings. The molecule has 0 N–H and O–H groups in total. The normalized spacial score (nSPS) is 17.3. The Kier molecular flexibility index (Phi) is 5.95. The topological polar surface area (TPSA) is 54.8 Å². The summed E-state index contributed by atoms with van der Waals surface area (Å²) in [5.41, 5.74) is 4.23. The van der Waals surface area contributed by atoms with Crippen LogP contribution in [0, 0.1) is 6.92 Å². The highest BCUT2D eigenvalue weighted by atomic mass is 35.5. The first-order chi connectivity index (χ1) is 16.0. The van der Waals surface area contributed by atoms with E-state index in [2.05, 4.69) is 29.3 Å². The zero-order valence-electron chi connectivity index (χ0n) is 18.5. The first-order valence-corrected chi connectivity index (χ1v) is 12.1. The molecule has 6 nitrogen and oxygen atoms in total. The molecule has 33 heavy (non-hydrogen) atoms. The van der Waals surface area contributed by atoms with Crippen LogP contribution in [0.1, 0.15) is 38.8 Å². The van der Waals surface area contributed by atoms with E-state index in [-0.39, 0.29) is 17.4 Å². The molecule has 0 bridgehead atoms. The highest BCUT2D eigenvalue weighted by molar-refractivity contribution is 7.98. The summed E-state index contributed by atoms with van der Waals surface area (Å²) in [7, 11) is 1.62. The molecule has 2 aromatic carbocycles. The van der Waals surface area contributed by atoms with E-state index in [4.69, 9.17) is 16.3 Å². The second-order valence-electron chi connectivity index (χ2n) is 8.21. The molecule has 0 saturated carbocycles. The number of nitrogens with zero attached hydrogens (tertiary/aromatic N) is 3. The van der Waals surface area contributed by atoms with E-state index in [0.717, 1.165) is 16.2 Å². The van der Waals surface area contributed by atoms with Gasteiger partial charge in [0.25, 0.3) is 5.91 Å². The van der Waals surface area contributed by atoms with E-state index < -0.39 is 0 Å². The van der Waals surface area contributed by atoms with Gasteiger partial charge in [0.15, 0.2) is 5.43 Å². The van der Waals surface area contributed by atoms with Crippen LogP contribution in [0.2, 0.25) is 5.02 Å². The number of methoxy groups -OCH3 is 1. The van der Waals surface area contributed by atoms with E-state index in [1.165, 1.54) is 17.2 Å². The number of carbonyl (C=O) groups is 1. The third-order valence-corrected chi connectivity index (χ3v) is 7.62. The SMILES string of the molecule is COCCN1CN(C2c3ccccc3CSc3cc(Cl)ccc32)n2ccc(=O)c(C)c2C1=O. The van der Waals surface area contributed by atoms with Gasteiger partial charge in [-0.3, -0.25) is 19.3 Å². The highest BCUT2D eigenvalue weighted by Crippen LogP contribution is 2.43. The van der Waals surface area contributed by atoms with Crippen LogP contribution in [0.5, 0.6) is 0 Å². The van der Waals surface area contributed by atoms with Gasteiger partial charge in [-0.1, -0.05) is 41.9 Å². The number of hydrogen-bond donors (Lipinski definition) is 0. The van der Waals surface area contributed by atoms with Crippen molar-refractivity contribution in [1.82, 2.24) is 9.58 Å². The van der Waals surface area contributed by atoms with Gasteiger partial charge in [-0.2, -0.15) is 0 Å². The summed E-state index contributed by atoms with van der Waals surface area (Å²) < 4.78 is 7.12. The van der Waals surface area contributed by atoms with Crippen molar-refractivity contribution in [2.45, 2.75) is 23.6 Å². The monoisotopic (exact) mass is 481 g/mol. The van der Waals surface area contributed by atoms with Gasteiger partial charge in [-0.05, 0) is 35.7 Å². The lowest BCUT2D eigenvalue weighted by Gasteiger charge is -2.44. The van der Waals surface area contributed by atoms with E-state index >= 15 is 0 Å². The fourth-order valence-electron chi connectivity index (χ4n) is 4.57. The van der Waals surface area contributed by atoms with Crippen LogP contribution in [-0.2, 0) is 10.5 Å². The highest BCUT2D eigenvalue weighted by Gasteiger charge is 2.37. The number of carbonyl (C=O) groups excluding carboxylic acids is 1. The summed E-state index contributed by atoms with van der Waals surface area (Å²) in [6, 6.07) is 15.8. The van der Waals surface area contributed by atoms with Crippen molar-refractivity contribution in [2.75, 3.05) is 31.9 Å². The van der Waals surface area contributed by atoms with Crippen molar-refractivity contribution in [3.63, 3.8) is 0 Å². The quantitative estimate of drug-likeness (QED) is 0.559. The maximum Gasteiger partial charge on any atom is 0.274 e. The Morgan fingerprint density at radius 2 is 1.94 bits per heavy atom. The number of pyridine rings is 1. The van der Waals surface area contributed by atoms with Crippen LogP contribution in [0.25, 0.3) is 0 Å². The van der Waals surface area contributed by atoms with Crippen molar-refractivity contribution >= 4 is 29.3 Å². The lowest BCUT2D eigenvalue weighted by atomic mass is 9.94. The molecule has 0 radical (unpaired) electrons. The Morgan fingerprint density at radius 1 is 1.12 bits per heavy atom. The number of fused-ring (bicyclic) bond motifs is 3. The van der Waals surface area contributed by atoms with E-state index in [9.17, 15) is 9.59 Å². The molecule has 5 rings (SSSR count). The predicted molar refractivity (Wildman–Crippen MR) is 131 cm³/mol. The van der Waals surface area contributed by atoms with E-state index in [1.54, 1.807) is 36.9 Å². The van der Waals surface area contributed by atoms with Gasteiger partial charge in [0.1, 0.15) is 12.4 Å². The van der Waals surface area contributed by atoms with Crippen LogP contribution in [-0.4, -0.2) is 42.4 Å². The molecular weight excluding hydrogens is 458 g/mol. The number of benzene rings is 2.